The molecule has 1 aromatic heterocycles. The molecule has 0 aliphatic rings. The predicted molar refractivity (Wildman–Crippen MR) is 90.1 cm³/mol. The second-order valence-electron chi connectivity index (χ2n) is 5.11. The summed E-state index contributed by atoms with van der Waals surface area (Å²) in [5.74, 6) is 0.512. The molecule has 0 spiro atoms. The van der Waals surface area contributed by atoms with Crippen molar-refractivity contribution in [3.8, 4) is 0 Å². The number of pyridine rings is 1. The maximum atomic E-state index is 12.3. The van der Waals surface area contributed by atoms with Crippen molar-refractivity contribution in [2.24, 2.45) is 0 Å². The topological polar surface area (TPSA) is 91.4 Å². The molecule has 7 nitrogen and oxygen atoms in total. The molecular weight excluding hydrogens is 316 g/mol. The summed E-state index contributed by atoms with van der Waals surface area (Å²) in [7, 11) is -0.00795. The van der Waals surface area contributed by atoms with E-state index in [1.54, 1.807) is 12.1 Å². The van der Waals surface area contributed by atoms with Crippen LogP contribution in [0.2, 0.25) is 0 Å². The lowest BCUT2D eigenvalue weighted by Crippen LogP contribution is -2.14. The molecule has 0 aliphatic heterocycles. The van der Waals surface area contributed by atoms with Crippen LogP contribution in [0.15, 0.2) is 47.5 Å². The lowest BCUT2D eigenvalue weighted by Gasteiger charge is -2.12. The van der Waals surface area contributed by atoms with E-state index < -0.39 is 10.0 Å². The fraction of sp³-hybridized carbons (Fsp3) is 0.200. The first-order chi connectivity index (χ1) is 10.8. The zero-order chi connectivity index (χ0) is 17.0. The first-order valence-corrected chi connectivity index (χ1v) is 8.30. The summed E-state index contributed by atoms with van der Waals surface area (Å²) in [6.07, 6.45) is 1.46. The van der Waals surface area contributed by atoms with Crippen LogP contribution in [-0.2, 0) is 14.8 Å². The molecule has 122 valence electrons. The molecule has 2 N–H and O–H groups in total. The van der Waals surface area contributed by atoms with Crippen molar-refractivity contribution in [3.05, 3.63) is 42.6 Å². The third-order valence-electron chi connectivity index (χ3n) is 2.94. The van der Waals surface area contributed by atoms with Gasteiger partial charge in [-0.1, -0.05) is 0 Å². The maximum Gasteiger partial charge on any atom is 0.261 e. The number of sulfonamides is 1. The molecule has 2 aromatic rings. The van der Waals surface area contributed by atoms with Crippen LogP contribution in [-0.4, -0.2) is 33.4 Å². The van der Waals surface area contributed by atoms with Crippen molar-refractivity contribution in [1.82, 2.24) is 4.98 Å². The molecule has 1 aromatic carbocycles. The van der Waals surface area contributed by atoms with Gasteiger partial charge in [0.25, 0.3) is 10.0 Å². The third-order valence-corrected chi connectivity index (χ3v) is 4.34. The van der Waals surface area contributed by atoms with Gasteiger partial charge >= 0.3 is 0 Å². The molecule has 0 unspecified atom stereocenters. The van der Waals surface area contributed by atoms with Crippen LogP contribution in [0.5, 0.6) is 0 Å². The number of nitrogens with zero attached hydrogens (tertiary/aromatic N) is 2. The highest BCUT2D eigenvalue weighted by Gasteiger charge is 2.14. The van der Waals surface area contributed by atoms with Crippen LogP contribution < -0.4 is 14.9 Å². The van der Waals surface area contributed by atoms with Gasteiger partial charge in [-0.15, -0.1) is 0 Å². The summed E-state index contributed by atoms with van der Waals surface area (Å²) in [5, 5.41) is 2.58. The third kappa shape index (κ3) is 4.43. The maximum absolute atomic E-state index is 12.3. The van der Waals surface area contributed by atoms with Crippen molar-refractivity contribution < 1.29 is 13.2 Å². The zero-order valence-electron chi connectivity index (χ0n) is 13.1. The summed E-state index contributed by atoms with van der Waals surface area (Å²) in [6.45, 7) is 1.39. The van der Waals surface area contributed by atoms with Gasteiger partial charge in [-0.05, 0) is 36.4 Å². The highest BCUT2D eigenvalue weighted by molar-refractivity contribution is 7.92. The van der Waals surface area contributed by atoms with Crippen LogP contribution in [0.4, 0.5) is 17.2 Å². The van der Waals surface area contributed by atoms with Gasteiger partial charge in [-0.25, -0.2) is 13.4 Å². The van der Waals surface area contributed by atoms with E-state index >= 15 is 0 Å². The first-order valence-electron chi connectivity index (χ1n) is 6.82. The molecule has 0 aliphatic carbocycles. The molecule has 0 radical (unpaired) electrons. The normalized spacial score (nSPS) is 10.9. The van der Waals surface area contributed by atoms with Gasteiger partial charge in [0.15, 0.2) is 0 Å². The van der Waals surface area contributed by atoms with Gasteiger partial charge in [0.1, 0.15) is 5.82 Å². The number of benzene rings is 1. The zero-order valence-corrected chi connectivity index (χ0v) is 13.9. The minimum Gasteiger partial charge on any atom is -0.363 e. The van der Waals surface area contributed by atoms with E-state index in [9.17, 15) is 13.2 Å². The smallest absolute Gasteiger partial charge is 0.261 e. The van der Waals surface area contributed by atoms with Crippen molar-refractivity contribution in [2.75, 3.05) is 29.0 Å². The Morgan fingerprint density at radius 1 is 1.04 bits per heavy atom. The lowest BCUT2D eigenvalue weighted by molar-refractivity contribution is -0.114. The molecule has 23 heavy (non-hydrogen) atoms. The van der Waals surface area contributed by atoms with Crippen molar-refractivity contribution in [1.29, 1.82) is 0 Å². The summed E-state index contributed by atoms with van der Waals surface area (Å²) in [5.41, 5.74) is 0.912. The Labute approximate surface area is 135 Å². The van der Waals surface area contributed by atoms with E-state index in [0.717, 1.165) is 5.82 Å². The van der Waals surface area contributed by atoms with Gasteiger partial charge in [-0.3, -0.25) is 9.52 Å². The number of carbonyl (C=O) groups is 1. The lowest BCUT2D eigenvalue weighted by atomic mass is 10.3. The van der Waals surface area contributed by atoms with Crippen LogP contribution >= 0.6 is 0 Å². The van der Waals surface area contributed by atoms with Crippen LogP contribution in [0.3, 0.4) is 0 Å². The van der Waals surface area contributed by atoms with Gasteiger partial charge in [-0.2, -0.15) is 0 Å². The first kappa shape index (κ1) is 16.8. The standard InChI is InChI=1S/C15H18N4O3S/c1-11(20)17-12-4-7-14(8-5-12)23(21,22)18-13-6-9-15(16-10-13)19(2)3/h4-10,18H,1-3H3,(H,17,20). The fourth-order valence-corrected chi connectivity index (χ4v) is 2.89. The molecule has 0 bridgehead atoms. The summed E-state index contributed by atoms with van der Waals surface area (Å²) < 4.78 is 27.1. The Bertz CT molecular complexity index is 784. The molecule has 1 heterocycles. The minimum atomic E-state index is -3.71. The number of carbonyl (C=O) groups excluding carboxylic acids is 1. The number of hydrogen-bond acceptors (Lipinski definition) is 5. The monoisotopic (exact) mass is 334 g/mol. The van der Waals surface area contributed by atoms with E-state index in [1.165, 1.54) is 37.4 Å². The average molecular weight is 334 g/mol. The largest absolute Gasteiger partial charge is 0.363 e. The summed E-state index contributed by atoms with van der Waals surface area (Å²) in [6, 6.07) is 9.28. The Morgan fingerprint density at radius 2 is 1.65 bits per heavy atom. The quantitative estimate of drug-likeness (QED) is 0.871. The van der Waals surface area contributed by atoms with Crippen LogP contribution in [0, 0.1) is 0 Å². The van der Waals surface area contributed by atoms with E-state index in [4.69, 9.17) is 0 Å². The van der Waals surface area contributed by atoms with Gasteiger partial charge in [0.2, 0.25) is 5.91 Å². The van der Waals surface area contributed by atoms with Crippen molar-refractivity contribution in [2.45, 2.75) is 11.8 Å². The second kappa shape index (κ2) is 6.66. The van der Waals surface area contributed by atoms with E-state index in [2.05, 4.69) is 15.0 Å². The van der Waals surface area contributed by atoms with Gasteiger partial charge in [0.05, 0.1) is 16.8 Å². The number of aromatic nitrogens is 1. The molecule has 0 saturated heterocycles. The average Bonchev–Trinajstić information content (AvgIpc) is 2.47. The Hall–Kier alpha value is -2.61. The second-order valence-corrected chi connectivity index (χ2v) is 6.79. The number of anilines is 3. The summed E-state index contributed by atoms with van der Waals surface area (Å²) in [4.78, 5) is 17.0. The number of rotatable bonds is 5. The Balaban J connectivity index is 2.16. The molecule has 2 rings (SSSR count). The summed E-state index contributed by atoms with van der Waals surface area (Å²) >= 11 is 0. The molecular formula is C15H18N4O3S. The highest BCUT2D eigenvalue weighted by atomic mass is 32.2. The molecule has 0 saturated carbocycles. The van der Waals surface area contributed by atoms with Crippen molar-refractivity contribution >= 4 is 33.1 Å². The number of hydrogen-bond donors (Lipinski definition) is 2. The predicted octanol–water partition coefficient (Wildman–Crippen LogP) is 1.91. The van der Waals surface area contributed by atoms with E-state index in [0.29, 0.717) is 11.4 Å². The van der Waals surface area contributed by atoms with Gasteiger partial charge in [0, 0.05) is 26.7 Å². The molecule has 1 amide bonds. The highest BCUT2D eigenvalue weighted by Crippen LogP contribution is 2.19. The van der Waals surface area contributed by atoms with Crippen LogP contribution in [0.25, 0.3) is 0 Å². The van der Waals surface area contributed by atoms with Crippen molar-refractivity contribution in [3.63, 3.8) is 0 Å². The van der Waals surface area contributed by atoms with Crippen LogP contribution in [0.1, 0.15) is 6.92 Å². The Morgan fingerprint density at radius 3 is 2.13 bits per heavy atom. The SMILES string of the molecule is CC(=O)Nc1ccc(S(=O)(=O)Nc2ccc(N(C)C)nc2)cc1. The fourth-order valence-electron chi connectivity index (χ4n) is 1.85. The number of nitrogens with one attached hydrogen (secondary N) is 2. The molecule has 0 fully saturated rings. The minimum absolute atomic E-state index is 0.100. The van der Waals surface area contributed by atoms with Gasteiger partial charge < -0.3 is 10.2 Å². The van der Waals surface area contributed by atoms with E-state index in [1.807, 2.05) is 19.0 Å². The molecule has 8 heteroatoms. The van der Waals surface area contributed by atoms with E-state index in [-0.39, 0.29) is 10.8 Å². The molecule has 0 atom stereocenters. The number of amides is 1. The Kier molecular flexibility index (Phi) is 4.85.